The van der Waals surface area contributed by atoms with Crippen molar-refractivity contribution >= 4 is 12.0 Å². The second-order valence-corrected chi connectivity index (χ2v) is 5.66. The first-order valence-electron chi connectivity index (χ1n) is 8.20. The number of para-hydroxylation sites is 1. The molecule has 3 heteroatoms. The molecule has 24 heavy (non-hydrogen) atoms. The van der Waals surface area contributed by atoms with Gasteiger partial charge in [-0.2, -0.15) is 0 Å². The first kappa shape index (κ1) is 17.8. The van der Waals surface area contributed by atoms with Crippen LogP contribution in [0.4, 0.5) is 0 Å². The van der Waals surface area contributed by atoms with Gasteiger partial charge in [0.1, 0.15) is 12.4 Å². The highest BCUT2D eigenvalue weighted by Gasteiger charge is 2.11. The third kappa shape index (κ3) is 5.27. The lowest BCUT2D eigenvalue weighted by molar-refractivity contribution is -0.142. The van der Waals surface area contributed by atoms with E-state index in [-0.39, 0.29) is 5.97 Å². The number of allylic oxidation sites excluding steroid dienone is 4. The van der Waals surface area contributed by atoms with Crippen LogP contribution in [-0.4, -0.2) is 19.2 Å². The Bertz CT molecular complexity index is 706. The summed E-state index contributed by atoms with van der Waals surface area (Å²) in [6, 6.07) is 8.03. The summed E-state index contributed by atoms with van der Waals surface area (Å²) in [6.07, 6.45) is 10.4. The van der Waals surface area contributed by atoms with Gasteiger partial charge >= 0.3 is 5.97 Å². The van der Waals surface area contributed by atoms with Crippen LogP contribution in [0.5, 0.6) is 5.75 Å². The minimum Gasteiger partial charge on any atom is -0.488 e. The van der Waals surface area contributed by atoms with Gasteiger partial charge in [0.15, 0.2) is 0 Å². The summed E-state index contributed by atoms with van der Waals surface area (Å²) in [6.45, 7) is 6.86. The average molecular weight is 324 g/mol. The van der Waals surface area contributed by atoms with E-state index in [1.54, 1.807) is 0 Å². The van der Waals surface area contributed by atoms with Gasteiger partial charge in [-0.1, -0.05) is 48.1 Å². The summed E-state index contributed by atoms with van der Waals surface area (Å²) in [4.78, 5) is 11.3. The van der Waals surface area contributed by atoms with E-state index < -0.39 is 0 Å². The van der Waals surface area contributed by atoms with E-state index >= 15 is 0 Å². The molecule has 0 atom stereocenters. The molecule has 3 nitrogen and oxygen atoms in total. The summed E-state index contributed by atoms with van der Waals surface area (Å²) < 4.78 is 10.7. The van der Waals surface area contributed by atoms with Gasteiger partial charge in [0.05, 0.1) is 13.0 Å². The molecule has 126 valence electrons. The number of fused-ring (bicyclic) bond motifs is 1. The summed E-state index contributed by atoms with van der Waals surface area (Å²) in [7, 11) is 0. The van der Waals surface area contributed by atoms with Crippen LogP contribution in [0.2, 0.25) is 0 Å². The quantitative estimate of drug-likeness (QED) is 0.553. The van der Waals surface area contributed by atoms with E-state index in [4.69, 9.17) is 9.47 Å². The maximum absolute atomic E-state index is 11.3. The normalized spacial score (nSPS) is 14.9. The fraction of sp³-hybridized carbons (Fsp3) is 0.286. The standard InChI is InChI=1S/C21H24O3/c1-4-23-21(22)13-12-16(2)8-7-9-17(3)19-14-18-10-5-6-11-20(18)24-15-19/h5-12,14H,4,13,15H2,1-3H3/b8-7+,16-12+,17-9+. The SMILES string of the molecule is CCOC(=O)C/C=C(C)/C=C/C=C(\C)C1=Cc2ccccc2OC1. The van der Waals surface area contributed by atoms with Crippen LogP contribution in [0.1, 0.15) is 32.8 Å². The van der Waals surface area contributed by atoms with Crippen molar-refractivity contribution < 1.29 is 14.3 Å². The highest BCUT2D eigenvalue weighted by Crippen LogP contribution is 2.28. The Morgan fingerprint density at radius 3 is 2.88 bits per heavy atom. The van der Waals surface area contributed by atoms with E-state index in [0.29, 0.717) is 19.6 Å². The number of rotatable bonds is 6. The van der Waals surface area contributed by atoms with Crippen molar-refractivity contribution in [2.24, 2.45) is 0 Å². The first-order valence-corrected chi connectivity index (χ1v) is 8.20. The molecule has 0 aromatic heterocycles. The third-order valence-corrected chi connectivity index (χ3v) is 3.74. The van der Waals surface area contributed by atoms with Gasteiger partial charge in [-0.3, -0.25) is 4.79 Å². The van der Waals surface area contributed by atoms with Gasteiger partial charge in [0.25, 0.3) is 0 Å². The molecule has 0 aliphatic carbocycles. The van der Waals surface area contributed by atoms with Gasteiger partial charge < -0.3 is 9.47 Å². The minimum absolute atomic E-state index is 0.194. The van der Waals surface area contributed by atoms with Crippen molar-refractivity contribution in [1.82, 2.24) is 0 Å². The number of esters is 1. The topological polar surface area (TPSA) is 35.5 Å². The van der Waals surface area contributed by atoms with Crippen molar-refractivity contribution in [1.29, 1.82) is 0 Å². The summed E-state index contributed by atoms with van der Waals surface area (Å²) >= 11 is 0. The largest absolute Gasteiger partial charge is 0.488 e. The van der Waals surface area contributed by atoms with Crippen LogP contribution in [0.25, 0.3) is 6.08 Å². The molecule has 0 amide bonds. The molecular formula is C21H24O3. The van der Waals surface area contributed by atoms with E-state index in [0.717, 1.165) is 16.9 Å². The lowest BCUT2D eigenvalue weighted by atomic mass is 10.0. The van der Waals surface area contributed by atoms with Crippen LogP contribution in [0, 0.1) is 0 Å². The molecule has 0 saturated heterocycles. The van der Waals surface area contributed by atoms with Crippen molar-refractivity contribution in [3.63, 3.8) is 0 Å². The number of benzene rings is 1. The second kappa shape index (κ2) is 8.92. The van der Waals surface area contributed by atoms with Crippen LogP contribution in [-0.2, 0) is 9.53 Å². The van der Waals surface area contributed by atoms with Crippen LogP contribution in [0.15, 0.2) is 65.3 Å². The summed E-state index contributed by atoms with van der Waals surface area (Å²) in [5.74, 6) is 0.738. The zero-order chi connectivity index (χ0) is 17.4. The molecule has 0 fully saturated rings. The maximum atomic E-state index is 11.3. The Kier molecular flexibility index (Phi) is 6.62. The molecule has 0 spiro atoms. The predicted octanol–water partition coefficient (Wildman–Crippen LogP) is 4.86. The molecule has 0 bridgehead atoms. The number of hydrogen-bond donors (Lipinski definition) is 0. The van der Waals surface area contributed by atoms with Gasteiger partial charge in [-0.25, -0.2) is 0 Å². The highest BCUT2D eigenvalue weighted by molar-refractivity contribution is 5.71. The van der Waals surface area contributed by atoms with Crippen molar-refractivity contribution in [3.05, 3.63) is 70.9 Å². The average Bonchev–Trinajstić information content (AvgIpc) is 2.59. The third-order valence-electron chi connectivity index (χ3n) is 3.74. The molecular weight excluding hydrogens is 300 g/mol. The highest BCUT2D eigenvalue weighted by atomic mass is 16.5. The molecule has 0 unspecified atom stereocenters. The van der Waals surface area contributed by atoms with E-state index in [1.807, 2.05) is 50.3 Å². The Morgan fingerprint density at radius 2 is 2.08 bits per heavy atom. The molecule has 0 saturated carbocycles. The van der Waals surface area contributed by atoms with E-state index in [9.17, 15) is 4.79 Å². The summed E-state index contributed by atoms with van der Waals surface area (Å²) in [5.41, 5.74) is 4.48. The molecule has 1 aromatic carbocycles. The number of carbonyl (C=O) groups is 1. The van der Waals surface area contributed by atoms with E-state index in [2.05, 4.69) is 25.1 Å². The lowest BCUT2D eigenvalue weighted by Gasteiger charge is -2.18. The smallest absolute Gasteiger partial charge is 0.309 e. The number of carbonyl (C=O) groups excluding carboxylic acids is 1. The van der Waals surface area contributed by atoms with Crippen LogP contribution >= 0.6 is 0 Å². The zero-order valence-corrected chi connectivity index (χ0v) is 14.5. The monoisotopic (exact) mass is 324 g/mol. The Hall–Kier alpha value is -2.55. The van der Waals surface area contributed by atoms with E-state index in [1.165, 1.54) is 11.1 Å². The first-order chi connectivity index (χ1) is 11.6. The van der Waals surface area contributed by atoms with Crippen LogP contribution < -0.4 is 4.74 Å². The number of hydrogen-bond acceptors (Lipinski definition) is 3. The Morgan fingerprint density at radius 1 is 1.29 bits per heavy atom. The molecule has 1 aliphatic heterocycles. The maximum Gasteiger partial charge on any atom is 0.309 e. The van der Waals surface area contributed by atoms with Gasteiger partial charge in [0, 0.05) is 5.56 Å². The van der Waals surface area contributed by atoms with Gasteiger partial charge in [-0.05, 0) is 44.1 Å². The van der Waals surface area contributed by atoms with Crippen molar-refractivity contribution in [2.45, 2.75) is 27.2 Å². The van der Waals surface area contributed by atoms with Crippen molar-refractivity contribution in [2.75, 3.05) is 13.2 Å². The number of ether oxygens (including phenoxy) is 2. The fourth-order valence-electron chi connectivity index (χ4n) is 2.33. The Labute approximate surface area is 144 Å². The molecule has 0 radical (unpaired) electrons. The molecule has 2 rings (SSSR count). The fourth-order valence-corrected chi connectivity index (χ4v) is 2.33. The van der Waals surface area contributed by atoms with Gasteiger partial charge in [-0.15, -0.1) is 0 Å². The second-order valence-electron chi connectivity index (χ2n) is 5.66. The minimum atomic E-state index is -0.194. The summed E-state index contributed by atoms with van der Waals surface area (Å²) in [5, 5.41) is 0. The lowest BCUT2D eigenvalue weighted by Crippen LogP contribution is -2.07. The molecule has 1 heterocycles. The van der Waals surface area contributed by atoms with Crippen molar-refractivity contribution in [3.8, 4) is 5.75 Å². The Balaban J connectivity index is 1.98. The predicted molar refractivity (Wildman–Crippen MR) is 97.8 cm³/mol. The van der Waals surface area contributed by atoms with Gasteiger partial charge in [0.2, 0.25) is 0 Å². The molecule has 0 N–H and O–H groups in total. The zero-order valence-electron chi connectivity index (χ0n) is 14.5. The van der Waals surface area contributed by atoms with Crippen LogP contribution in [0.3, 0.4) is 0 Å². The molecule has 1 aliphatic rings. The molecule has 1 aromatic rings.